The molecule has 0 spiro atoms. The van der Waals surface area contributed by atoms with Crippen molar-refractivity contribution in [1.82, 2.24) is 20.1 Å². The molecular weight excluding hydrogens is 236 g/mol. The normalized spacial score (nSPS) is 12.7. The third kappa shape index (κ3) is 2.00. The van der Waals surface area contributed by atoms with Crippen molar-refractivity contribution < 1.29 is 0 Å². The molecule has 0 aliphatic heterocycles. The van der Waals surface area contributed by atoms with E-state index in [1.54, 1.807) is 6.20 Å². The van der Waals surface area contributed by atoms with Crippen LogP contribution in [-0.4, -0.2) is 21.8 Å². The first-order valence-corrected chi connectivity index (χ1v) is 6.30. The number of hydrogen-bond acceptors (Lipinski definition) is 3. The van der Waals surface area contributed by atoms with Crippen LogP contribution in [0.2, 0.25) is 0 Å². The summed E-state index contributed by atoms with van der Waals surface area (Å²) in [6, 6.07) is 12.3. The number of rotatable bonds is 3. The molecule has 0 aliphatic carbocycles. The molecule has 3 aromatic rings. The zero-order valence-corrected chi connectivity index (χ0v) is 11.0. The minimum absolute atomic E-state index is 0.0554. The SMILES string of the molecule is CNC(c1cccnc1)c1nn(C)c2ccccc12. The Kier molecular flexibility index (Phi) is 3.01. The second-order valence-corrected chi connectivity index (χ2v) is 4.53. The molecule has 0 aliphatic rings. The lowest BCUT2D eigenvalue weighted by Crippen LogP contribution is -2.18. The van der Waals surface area contributed by atoms with Crippen molar-refractivity contribution in [3.8, 4) is 0 Å². The standard InChI is InChI=1S/C15H16N4/c1-16-14(11-6-5-9-17-10-11)15-12-7-3-4-8-13(12)19(2)18-15/h3-10,14,16H,1-2H3. The van der Waals surface area contributed by atoms with E-state index in [0.717, 1.165) is 16.8 Å². The lowest BCUT2D eigenvalue weighted by molar-refractivity contribution is 0.646. The molecule has 2 heterocycles. The molecule has 1 aromatic carbocycles. The summed E-state index contributed by atoms with van der Waals surface area (Å²) in [6.45, 7) is 0. The minimum Gasteiger partial charge on any atom is -0.308 e. The first-order valence-electron chi connectivity index (χ1n) is 6.30. The Morgan fingerprint density at radius 2 is 2.00 bits per heavy atom. The van der Waals surface area contributed by atoms with Gasteiger partial charge in [0.2, 0.25) is 0 Å². The molecule has 3 rings (SSSR count). The van der Waals surface area contributed by atoms with Gasteiger partial charge in [-0.25, -0.2) is 0 Å². The molecule has 19 heavy (non-hydrogen) atoms. The quantitative estimate of drug-likeness (QED) is 0.777. The molecule has 0 fully saturated rings. The van der Waals surface area contributed by atoms with Crippen molar-refractivity contribution in [1.29, 1.82) is 0 Å². The maximum absolute atomic E-state index is 4.66. The summed E-state index contributed by atoms with van der Waals surface area (Å²) < 4.78 is 1.92. The van der Waals surface area contributed by atoms with Crippen molar-refractivity contribution in [3.05, 3.63) is 60.0 Å². The Labute approximate surface area is 112 Å². The van der Waals surface area contributed by atoms with Crippen LogP contribution in [0.1, 0.15) is 17.3 Å². The lowest BCUT2D eigenvalue weighted by atomic mass is 10.0. The molecule has 0 amide bonds. The third-order valence-electron chi connectivity index (χ3n) is 3.37. The van der Waals surface area contributed by atoms with E-state index in [4.69, 9.17) is 0 Å². The number of benzene rings is 1. The fourth-order valence-corrected chi connectivity index (χ4v) is 2.46. The van der Waals surface area contributed by atoms with Crippen LogP contribution < -0.4 is 5.32 Å². The second-order valence-electron chi connectivity index (χ2n) is 4.53. The number of nitrogens with one attached hydrogen (secondary N) is 1. The third-order valence-corrected chi connectivity index (χ3v) is 3.37. The van der Waals surface area contributed by atoms with Gasteiger partial charge in [0.25, 0.3) is 0 Å². The predicted molar refractivity (Wildman–Crippen MR) is 75.9 cm³/mol. The van der Waals surface area contributed by atoms with Crippen molar-refractivity contribution >= 4 is 10.9 Å². The highest BCUT2D eigenvalue weighted by Gasteiger charge is 2.19. The van der Waals surface area contributed by atoms with Gasteiger partial charge in [0.05, 0.1) is 17.3 Å². The van der Waals surface area contributed by atoms with Gasteiger partial charge in [0, 0.05) is 24.8 Å². The molecule has 0 saturated carbocycles. The smallest absolute Gasteiger partial charge is 0.0918 e. The summed E-state index contributed by atoms with van der Waals surface area (Å²) in [6.07, 6.45) is 3.66. The first kappa shape index (κ1) is 11.9. The number of fused-ring (bicyclic) bond motifs is 1. The van der Waals surface area contributed by atoms with Crippen molar-refractivity contribution in [2.24, 2.45) is 7.05 Å². The van der Waals surface area contributed by atoms with E-state index in [1.165, 1.54) is 5.39 Å². The summed E-state index contributed by atoms with van der Waals surface area (Å²) >= 11 is 0. The molecule has 1 N–H and O–H groups in total. The number of nitrogens with zero attached hydrogens (tertiary/aromatic N) is 3. The zero-order chi connectivity index (χ0) is 13.2. The summed E-state index contributed by atoms with van der Waals surface area (Å²) in [7, 11) is 3.92. The average molecular weight is 252 g/mol. The topological polar surface area (TPSA) is 42.7 Å². The number of aryl methyl sites for hydroxylation is 1. The van der Waals surface area contributed by atoms with Crippen LogP contribution in [0.4, 0.5) is 0 Å². The van der Waals surface area contributed by atoms with Crippen LogP contribution in [0.15, 0.2) is 48.8 Å². The Bertz CT molecular complexity index is 688. The average Bonchev–Trinajstić information content (AvgIpc) is 2.79. The van der Waals surface area contributed by atoms with Crippen LogP contribution in [0, 0.1) is 0 Å². The first-order chi connectivity index (χ1) is 9.31. The van der Waals surface area contributed by atoms with Gasteiger partial charge >= 0.3 is 0 Å². The van der Waals surface area contributed by atoms with E-state index < -0.39 is 0 Å². The Balaban J connectivity index is 2.17. The molecule has 0 bridgehead atoms. The molecule has 1 unspecified atom stereocenters. The van der Waals surface area contributed by atoms with Gasteiger partial charge in [-0.2, -0.15) is 5.10 Å². The Morgan fingerprint density at radius 1 is 1.16 bits per heavy atom. The maximum atomic E-state index is 4.66. The van der Waals surface area contributed by atoms with E-state index in [1.807, 2.05) is 43.2 Å². The fourth-order valence-electron chi connectivity index (χ4n) is 2.46. The van der Waals surface area contributed by atoms with E-state index in [0.29, 0.717) is 0 Å². The fraction of sp³-hybridized carbons (Fsp3) is 0.200. The highest BCUT2D eigenvalue weighted by molar-refractivity contribution is 5.82. The van der Waals surface area contributed by atoms with Crippen LogP contribution in [0.3, 0.4) is 0 Å². The van der Waals surface area contributed by atoms with Gasteiger partial charge in [0.15, 0.2) is 0 Å². The second kappa shape index (κ2) is 4.82. The van der Waals surface area contributed by atoms with Gasteiger partial charge in [-0.05, 0) is 24.7 Å². The lowest BCUT2D eigenvalue weighted by Gasteiger charge is -2.14. The number of aromatic nitrogens is 3. The highest BCUT2D eigenvalue weighted by atomic mass is 15.3. The van der Waals surface area contributed by atoms with Crippen molar-refractivity contribution in [3.63, 3.8) is 0 Å². The van der Waals surface area contributed by atoms with E-state index in [2.05, 4.69) is 33.6 Å². The van der Waals surface area contributed by atoms with Gasteiger partial charge in [-0.3, -0.25) is 9.67 Å². The van der Waals surface area contributed by atoms with E-state index in [9.17, 15) is 0 Å². The predicted octanol–water partition coefficient (Wildman–Crippen LogP) is 2.28. The molecular formula is C15H16N4. The number of para-hydroxylation sites is 1. The van der Waals surface area contributed by atoms with Gasteiger partial charge in [0.1, 0.15) is 0 Å². The zero-order valence-electron chi connectivity index (χ0n) is 11.0. The van der Waals surface area contributed by atoms with Crippen LogP contribution in [0.25, 0.3) is 10.9 Å². The van der Waals surface area contributed by atoms with Gasteiger partial charge in [-0.15, -0.1) is 0 Å². The van der Waals surface area contributed by atoms with Crippen LogP contribution >= 0.6 is 0 Å². The summed E-state index contributed by atoms with van der Waals surface area (Å²) in [5, 5.41) is 9.16. The minimum atomic E-state index is 0.0554. The molecule has 4 heteroatoms. The largest absolute Gasteiger partial charge is 0.308 e. The van der Waals surface area contributed by atoms with Gasteiger partial charge in [-0.1, -0.05) is 24.3 Å². The van der Waals surface area contributed by atoms with Crippen molar-refractivity contribution in [2.45, 2.75) is 6.04 Å². The number of pyridine rings is 1. The Hall–Kier alpha value is -2.20. The van der Waals surface area contributed by atoms with E-state index in [-0.39, 0.29) is 6.04 Å². The number of hydrogen-bond donors (Lipinski definition) is 1. The highest BCUT2D eigenvalue weighted by Crippen LogP contribution is 2.27. The molecule has 1 atom stereocenters. The van der Waals surface area contributed by atoms with Crippen LogP contribution in [-0.2, 0) is 7.05 Å². The monoisotopic (exact) mass is 252 g/mol. The van der Waals surface area contributed by atoms with Gasteiger partial charge < -0.3 is 5.32 Å². The maximum Gasteiger partial charge on any atom is 0.0918 e. The molecule has 0 radical (unpaired) electrons. The summed E-state index contributed by atoms with van der Waals surface area (Å²) in [5.41, 5.74) is 3.30. The molecule has 0 saturated heterocycles. The molecule has 2 aromatic heterocycles. The molecule has 4 nitrogen and oxygen atoms in total. The molecule has 96 valence electrons. The van der Waals surface area contributed by atoms with Crippen molar-refractivity contribution in [2.75, 3.05) is 7.05 Å². The Morgan fingerprint density at radius 3 is 2.74 bits per heavy atom. The summed E-state index contributed by atoms with van der Waals surface area (Å²) in [4.78, 5) is 4.19. The van der Waals surface area contributed by atoms with Crippen LogP contribution in [0.5, 0.6) is 0 Å². The van der Waals surface area contributed by atoms with E-state index >= 15 is 0 Å². The summed E-state index contributed by atoms with van der Waals surface area (Å²) in [5.74, 6) is 0.